The van der Waals surface area contributed by atoms with Crippen molar-refractivity contribution >= 4 is 22.2 Å². The van der Waals surface area contributed by atoms with Crippen molar-refractivity contribution in [2.75, 3.05) is 11.9 Å². The normalized spacial score (nSPS) is 16.2. The van der Waals surface area contributed by atoms with E-state index in [-0.39, 0.29) is 6.61 Å². The molecule has 160 valence electrons. The van der Waals surface area contributed by atoms with Crippen molar-refractivity contribution in [3.8, 4) is 6.07 Å². The molecule has 1 aromatic heterocycles. The Morgan fingerprint density at radius 1 is 1.37 bits per heavy atom. The summed E-state index contributed by atoms with van der Waals surface area (Å²) < 4.78 is 54.6. The van der Waals surface area contributed by atoms with Gasteiger partial charge < -0.3 is 10.1 Å². The summed E-state index contributed by atoms with van der Waals surface area (Å²) in [5, 5.41) is 12.8. The first-order chi connectivity index (χ1) is 14.2. The summed E-state index contributed by atoms with van der Waals surface area (Å²) in [5.41, 5.74) is 2.32. The average molecular weight is 440 g/mol. The maximum Gasteiger partial charge on any atom is 0.330 e. The number of thiophene rings is 1. The van der Waals surface area contributed by atoms with E-state index in [0.717, 1.165) is 29.7 Å². The van der Waals surface area contributed by atoms with E-state index in [1.54, 1.807) is 0 Å². The molecule has 30 heavy (non-hydrogen) atoms. The van der Waals surface area contributed by atoms with E-state index >= 15 is 0 Å². The Balaban J connectivity index is 1.62. The molecule has 1 heterocycles. The van der Waals surface area contributed by atoms with Crippen LogP contribution in [0.3, 0.4) is 0 Å². The number of amides is 1. The van der Waals surface area contributed by atoms with Gasteiger partial charge in [-0.1, -0.05) is 19.1 Å². The van der Waals surface area contributed by atoms with Crippen molar-refractivity contribution in [1.29, 1.82) is 5.26 Å². The van der Waals surface area contributed by atoms with Gasteiger partial charge in [0.05, 0.1) is 12.2 Å². The zero-order valence-electron chi connectivity index (χ0n) is 16.2. The minimum atomic E-state index is -4.20. The van der Waals surface area contributed by atoms with Crippen molar-refractivity contribution in [2.24, 2.45) is 5.92 Å². The van der Waals surface area contributed by atoms with Crippen LogP contribution >= 0.6 is 11.3 Å². The zero-order valence-corrected chi connectivity index (χ0v) is 17.0. The molecule has 0 spiro atoms. The number of fused-ring (bicyclic) bond motifs is 1. The number of anilines is 1. The van der Waals surface area contributed by atoms with Crippen LogP contribution in [0.25, 0.3) is 0 Å². The van der Waals surface area contributed by atoms with Crippen LogP contribution in [0.15, 0.2) is 24.3 Å². The first kappa shape index (κ1) is 22.2. The molecule has 1 aliphatic carbocycles. The predicted molar refractivity (Wildman–Crippen MR) is 105 cm³/mol. The highest BCUT2D eigenvalue weighted by Crippen LogP contribution is 2.39. The van der Waals surface area contributed by atoms with Crippen LogP contribution < -0.4 is 5.32 Å². The Kier molecular flexibility index (Phi) is 6.78. The van der Waals surface area contributed by atoms with Gasteiger partial charge in [-0.3, -0.25) is 4.79 Å². The molecule has 1 atom stereocenters. The van der Waals surface area contributed by atoms with Gasteiger partial charge in [0.15, 0.2) is 0 Å². The molecule has 0 saturated heterocycles. The molecule has 9 heteroatoms. The largest absolute Gasteiger partial charge is 0.370 e. The SMILES string of the molecule is CC1CCc2c(sc(NC(=O)c3ccc(COCC(F)(F)C(F)F)cc3)c2C#N)C1. The minimum absolute atomic E-state index is 0.279. The molecule has 0 bridgehead atoms. The second-order valence-corrected chi connectivity index (χ2v) is 8.48. The molecule has 1 amide bonds. The average Bonchev–Trinajstić information content (AvgIpc) is 3.04. The molecule has 0 fully saturated rings. The van der Waals surface area contributed by atoms with E-state index in [9.17, 15) is 27.6 Å². The third-order valence-corrected chi connectivity index (χ3v) is 6.12. The van der Waals surface area contributed by atoms with E-state index in [1.807, 2.05) is 0 Å². The van der Waals surface area contributed by atoms with Crippen LogP contribution in [-0.2, 0) is 24.2 Å². The van der Waals surface area contributed by atoms with Gasteiger partial charge in [0.1, 0.15) is 17.7 Å². The van der Waals surface area contributed by atoms with Gasteiger partial charge in [0.25, 0.3) is 5.91 Å². The third kappa shape index (κ3) is 4.99. The summed E-state index contributed by atoms with van der Waals surface area (Å²) in [6, 6.07) is 8.17. The molecule has 0 saturated carbocycles. The van der Waals surface area contributed by atoms with E-state index in [4.69, 9.17) is 0 Å². The number of rotatable bonds is 7. The fourth-order valence-corrected chi connectivity index (χ4v) is 4.61. The first-order valence-corrected chi connectivity index (χ1v) is 10.2. The van der Waals surface area contributed by atoms with Gasteiger partial charge >= 0.3 is 12.3 Å². The molecule has 0 radical (unpaired) electrons. The monoisotopic (exact) mass is 440 g/mol. The summed E-state index contributed by atoms with van der Waals surface area (Å²) in [5.74, 6) is -4.05. The Labute approximate surface area is 175 Å². The van der Waals surface area contributed by atoms with Crippen molar-refractivity contribution in [2.45, 2.75) is 45.1 Å². The summed E-state index contributed by atoms with van der Waals surface area (Å²) in [4.78, 5) is 13.7. The van der Waals surface area contributed by atoms with E-state index in [2.05, 4.69) is 23.0 Å². The number of ether oxygens (including phenoxy) is 1. The lowest BCUT2D eigenvalue weighted by Gasteiger charge is -2.17. The van der Waals surface area contributed by atoms with Gasteiger partial charge in [0, 0.05) is 10.4 Å². The van der Waals surface area contributed by atoms with Gasteiger partial charge in [0.2, 0.25) is 0 Å². The molecule has 2 aromatic rings. The molecule has 0 aliphatic heterocycles. The highest BCUT2D eigenvalue weighted by molar-refractivity contribution is 7.16. The summed E-state index contributed by atoms with van der Waals surface area (Å²) >= 11 is 1.43. The number of hydrogen-bond donors (Lipinski definition) is 1. The van der Waals surface area contributed by atoms with Crippen LogP contribution in [0.5, 0.6) is 0 Å². The van der Waals surface area contributed by atoms with E-state index in [0.29, 0.717) is 27.6 Å². The van der Waals surface area contributed by atoms with Gasteiger partial charge in [-0.25, -0.2) is 8.78 Å². The number of benzene rings is 1. The fraction of sp³-hybridized carbons (Fsp3) is 0.429. The Morgan fingerprint density at radius 3 is 2.70 bits per heavy atom. The Morgan fingerprint density at radius 2 is 2.07 bits per heavy atom. The summed E-state index contributed by atoms with van der Waals surface area (Å²) in [6.07, 6.45) is -1.05. The number of alkyl halides is 4. The maximum absolute atomic E-state index is 12.8. The highest BCUT2D eigenvalue weighted by Gasteiger charge is 2.40. The zero-order chi connectivity index (χ0) is 21.9. The number of carbonyl (C=O) groups is 1. The van der Waals surface area contributed by atoms with Crippen molar-refractivity contribution in [3.05, 3.63) is 51.4 Å². The van der Waals surface area contributed by atoms with Crippen molar-refractivity contribution in [3.63, 3.8) is 0 Å². The maximum atomic E-state index is 12.8. The second kappa shape index (κ2) is 9.14. The number of nitrogens with zero attached hydrogens (tertiary/aromatic N) is 1. The number of carbonyl (C=O) groups excluding carboxylic acids is 1. The lowest BCUT2D eigenvalue weighted by Crippen LogP contribution is -2.32. The molecular weight excluding hydrogens is 420 g/mol. The molecular formula is C21H20F4N2O2S. The second-order valence-electron chi connectivity index (χ2n) is 7.37. The number of nitrogens with one attached hydrogen (secondary N) is 1. The fourth-order valence-electron chi connectivity index (χ4n) is 3.25. The standard InChI is InChI=1S/C21H20F4N2O2S/c1-12-2-7-15-16(9-26)19(30-17(15)8-12)27-18(28)14-5-3-13(4-6-14)10-29-11-21(24,25)20(22)23/h3-6,12,20H,2,7-8,10-11H2,1H3,(H,27,28). The van der Waals surface area contributed by atoms with Crippen LogP contribution in [0.2, 0.25) is 0 Å². The van der Waals surface area contributed by atoms with Crippen molar-refractivity contribution < 1.29 is 27.1 Å². The van der Waals surface area contributed by atoms with Gasteiger partial charge in [-0.05, 0) is 48.4 Å². The van der Waals surface area contributed by atoms with Gasteiger partial charge in [-0.2, -0.15) is 14.0 Å². The van der Waals surface area contributed by atoms with Crippen LogP contribution in [0.1, 0.15) is 45.3 Å². The van der Waals surface area contributed by atoms with Crippen LogP contribution in [0.4, 0.5) is 22.6 Å². The van der Waals surface area contributed by atoms with Crippen LogP contribution in [-0.4, -0.2) is 24.9 Å². The highest BCUT2D eigenvalue weighted by atomic mass is 32.1. The van der Waals surface area contributed by atoms with Crippen molar-refractivity contribution in [1.82, 2.24) is 0 Å². The van der Waals surface area contributed by atoms with E-state index in [1.165, 1.54) is 35.6 Å². The first-order valence-electron chi connectivity index (χ1n) is 9.40. The summed E-state index contributed by atoms with van der Waals surface area (Å²) in [6.45, 7) is 0.497. The summed E-state index contributed by atoms with van der Waals surface area (Å²) in [7, 11) is 0. The molecule has 1 aliphatic rings. The Hall–Kier alpha value is -2.44. The molecule has 4 nitrogen and oxygen atoms in total. The topological polar surface area (TPSA) is 62.1 Å². The lowest BCUT2D eigenvalue weighted by atomic mass is 9.88. The number of hydrogen-bond acceptors (Lipinski definition) is 4. The van der Waals surface area contributed by atoms with E-state index < -0.39 is 24.9 Å². The smallest absolute Gasteiger partial charge is 0.330 e. The molecule has 1 unspecified atom stereocenters. The molecule has 3 rings (SSSR count). The number of nitriles is 1. The molecule has 1 aromatic carbocycles. The lowest BCUT2D eigenvalue weighted by molar-refractivity contribution is -0.168. The Bertz CT molecular complexity index is 951. The third-order valence-electron chi connectivity index (χ3n) is 4.95. The van der Waals surface area contributed by atoms with Crippen LogP contribution in [0, 0.1) is 17.2 Å². The quantitative estimate of drug-likeness (QED) is 0.586. The predicted octanol–water partition coefficient (Wildman–Crippen LogP) is 5.41. The molecule has 1 N–H and O–H groups in total. The number of halogens is 4. The van der Waals surface area contributed by atoms with Gasteiger partial charge in [-0.15, -0.1) is 11.3 Å². The minimum Gasteiger partial charge on any atom is -0.370 e.